The Morgan fingerprint density at radius 2 is 1.92 bits per heavy atom. The van der Waals surface area contributed by atoms with Gasteiger partial charge in [0.1, 0.15) is 24.8 Å². The van der Waals surface area contributed by atoms with Crippen LogP contribution in [-0.2, 0) is 29.7 Å². The van der Waals surface area contributed by atoms with E-state index in [1.54, 1.807) is 12.5 Å². The predicted molar refractivity (Wildman–Crippen MR) is 184 cm³/mol. The van der Waals surface area contributed by atoms with Crippen LogP contribution in [0.25, 0.3) is 22.3 Å². The lowest BCUT2D eigenvalue weighted by molar-refractivity contribution is -0.145. The van der Waals surface area contributed by atoms with Gasteiger partial charge in [-0.05, 0) is 44.3 Å². The summed E-state index contributed by atoms with van der Waals surface area (Å²) in [5.74, 6) is -1.24. The SMILES string of the molecule is CCNCc1cc(OC2CCN([C@H]3C[C@](CC#N)(n4cc(-c5ncnc6c5ccn6COCC[Si](C)(C)C)cn4)C3)CC2)nc(C(F)(F)F)n1. The summed E-state index contributed by atoms with van der Waals surface area (Å²) in [7, 11) is -1.18. The number of alkyl halides is 3. The topological polar surface area (TPSA) is 132 Å². The largest absolute Gasteiger partial charge is 0.474 e. The van der Waals surface area contributed by atoms with Crippen molar-refractivity contribution < 1.29 is 22.6 Å². The molecule has 4 aromatic heterocycles. The molecule has 0 unspecified atom stereocenters. The second-order valence-electron chi connectivity index (χ2n) is 14.5. The van der Waals surface area contributed by atoms with E-state index in [1.165, 1.54) is 6.07 Å². The first kappa shape index (κ1) is 35.9. The van der Waals surface area contributed by atoms with E-state index in [-0.39, 0.29) is 30.3 Å². The number of halogens is 3. The predicted octanol–water partition coefficient (Wildman–Crippen LogP) is 5.84. The Kier molecular flexibility index (Phi) is 10.6. The van der Waals surface area contributed by atoms with Gasteiger partial charge in [-0.3, -0.25) is 9.58 Å². The van der Waals surface area contributed by atoms with Gasteiger partial charge in [0.2, 0.25) is 11.7 Å². The van der Waals surface area contributed by atoms with Crippen LogP contribution in [-0.4, -0.2) is 85.6 Å². The maximum atomic E-state index is 13.5. The molecule has 50 heavy (non-hydrogen) atoms. The highest BCUT2D eigenvalue weighted by Crippen LogP contribution is 2.46. The Balaban J connectivity index is 1.07. The van der Waals surface area contributed by atoms with Gasteiger partial charge in [0.25, 0.3) is 0 Å². The lowest BCUT2D eigenvalue weighted by Gasteiger charge is -2.52. The van der Waals surface area contributed by atoms with Gasteiger partial charge in [0, 0.05) is 69.8 Å². The van der Waals surface area contributed by atoms with Crippen molar-refractivity contribution in [3.05, 3.63) is 48.6 Å². The highest BCUT2D eigenvalue weighted by Gasteiger charge is 2.49. The summed E-state index contributed by atoms with van der Waals surface area (Å²) in [6, 6.07) is 7.23. The van der Waals surface area contributed by atoms with Crippen LogP contribution in [0.15, 0.2) is 37.1 Å². The molecule has 6 rings (SSSR count). The second kappa shape index (κ2) is 14.7. The third-order valence-corrected chi connectivity index (χ3v) is 11.3. The maximum Gasteiger partial charge on any atom is 0.451 e. The molecule has 0 aromatic carbocycles. The van der Waals surface area contributed by atoms with Gasteiger partial charge in [-0.1, -0.05) is 26.6 Å². The number of likely N-dealkylation sites (tertiary alicyclic amines) is 1. The van der Waals surface area contributed by atoms with E-state index in [4.69, 9.17) is 14.6 Å². The lowest BCUT2D eigenvalue weighted by atomic mass is 9.69. The van der Waals surface area contributed by atoms with Crippen LogP contribution in [0.3, 0.4) is 0 Å². The normalized spacial score (nSPS) is 20.6. The summed E-state index contributed by atoms with van der Waals surface area (Å²) in [4.78, 5) is 18.9. The average Bonchev–Trinajstić information content (AvgIpc) is 3.71. The second-order valence-corrected chi connectivity index (χ2v) is 20.2. The van der Waals surface area contributed by atoms with Crippen molar-refractivity contribution in [3.8, 4) is 23.2 Å². The van der Waals surface area contributed by atoms with E-state index in [2.05, 4.69) is 55.9 Å². The van der Waals surface area contributed by atoms with Crippen LogP contribution in [0.5, 0.6) is 5.88 Å². The molecule has 0 atom stereocenters. The number of nitrogens with one attached hydrogen (secondary N) is 1. The van der Waals surface area contributed by atoms with E-state index in [9.17, 15) is 18.4 Å². The van der Waals surface area contributed by atoms with Gasteiger partial charge in [0.15, 0.2) is 0 Å². The number of fused-ring (bicyclic) bond motifs is 1. The highest BCUT2D eigenvalue weighted by molar-refractivity contribution is 6.76. The van der Waals surface area contributed by atoms with Gasteiger partial charge in [-0.15, -0.1) is 0 Å². The van der Waals surface area contributed by atoms with Crippen molar-refractivity contribution >= 4 is 19.1 Å². The van der Waals surface area contributed by atoms with E-state index >= 15 is 0 Å². The molecule has 2 fully saturated rings. The van der Waals surface area contributed by atoms with Crippen molar-refractivity contribution in [2.75, 3.05) is 26.2 Å². The smallest absolute Gasteiger partial charge is 0.451 e. The van der Waals surface area contributed by atoms with Crippen molar-refractivity contribution in [2.45, 2.75) is 102 Å². The summed E-state index contributed by atoms with van der Waals surface area (Å²) < 4.78 is 56.2. The van der Waals surface area contributed by atoms with E-state index in [0.717, 1.165) is 60.9 Å². The minimum absolute atomic E-state index is 0.0480. The fourth-order valence-corrected chi connectivity index (χ4v) is 7.51. The fraction of sp³-hybridized carbons (Fsp3) is 0.588. The minimum Gasteiger partial charge on any atom is -0.474 e. The van der Waals surface area contributed by atoms with Crippen LogP contribution >= 0.6 is 0 Å². The van der Waals surface area contributed by atoms with E-state index < -0.39 is 25.6 Å². The van der Waals surface area contributed by atoms with Crippen LogP contribution in [0.1, 0.15) is 50.5 Å². The molecule has 0 bridgehead atoms. The first-order chi connectivity index (χ1) is 23.9. The Morgan fingerprint density at radius 3 is 2.62 bits per heavy atom. The van der Waals surface area contributed by atoms with Crippen LogP contribution in [0.4, 0.5) is 13.2 Å². The van der Waals surface area contributed by atoms with Gasteiger partial charge in [-0.2, -0.15) is 28.5 Å². The van der Waals surface area contributed by atoms with Gasteiger partial charge in [0.05, 0.1) is 35.6 Å². The summed E-state index contributed by atoms with van der Waals surface area (Å²) in [5.41, 5.74) is 2.26. The zero-order chi connectivity index (χ0) is 35.5. The number of hydrogen-bond donors (Lipinski definition) is 1. The molecule has 1 N–H and O–H groups in total. The zero-order valence-electron chi connectivity index (χ0n) is 29.1. The van der Waals surface area contributed by atoms with Gasteiger partial charge in [-0.25, -0.2) is 15.0 Å². The first-order valence-corrected chi connectivity index (χ1v) is 20.9. The summed E-state index contributed by atoms with van der Waals surface area (Å²) >= 11 is 0. The average molecular weight is 711 g/mol. The minimum atomic E-state index is -4.66. The number of hydrogen-bond acceptors (Lipinski definition) is 10. The molecule has 0 amide bonds. The van der Waals surface area contributed by atoms with Gasteiger partial charge < -0.3 is 19.4 Å². The summed E-state index contributed by atoms with van der Waals surface area (Å²) in [6.07, 6.45) is 5.61. The first-order valence-electron chi connectivity index (χ1n) is 17.2. The molecule has 12 nitrogen and oxygen atoms in total. The van der Waals surface area contributed by atoms with Crippen molar-refractivity contribution in [2.24, 2.45) is 0 Å². The molecular weight excluding hydrogens is 666 g/mol. The monoisotopic (exact) mass is 710 g/mol. The number of piperidine rings is 1. The standard InChI is InChI=1S/C34H45F3N10O2Si/c1-5-39-20-25-16-29(44-32(43-25)34(35,36)37)49-27-6-11-45(12-7-27)26-17-33(18-26,9-10-38)47-21-24(19-42-47)30-28-8-13-46(31(28)41-22-40-30)23-48-14-15-50(2,3)4/h8,13,16,19,21-22,26-27,39H,5-7,9,11-12,14-15,17-18,20,23H2,1-4H3/t26-,33-. The highest BCUT2D eigenvalue weighted by atomic mass is 28.3. The summed E-state index contributed by atoms with van der Waals surface area (Å²) in [5, 5.41) is 18.5. The van der Waals surface area contributed by atoms with Crippen LogP contribution in [0, 0.1) is 11.3 Å². The maximum absolute atomic E-state index is 13.5. The Hall–Kier alpha value is -3.91. The quantitative estimate of drug-likeness (QED) is 0.126. The number of rotatable bonds is 14. The zero-order valence-corrected chi connectivity index (χ0v) is 30.1. The molecule has 1 saturated heterocycles. The van der Waals surface area contributed by atoms with Crippen molar-refractivity contribution in [1.82, 2.24) is 44.5 Å². The molecule has 4 aromatic rings. The molecular formula is C34H45F3N10O2Si. The molecule has 2 aliphatic rings. The number of aromatic nitrogens is 7. The van der Waals surface area contributed by atoms with Crippen LogP contribution < -0.4 is 10.1 Å². The number of nitrogens with zero attached hydrogens (tertiary/aromatic N) is 9. The Bertz CT molecular complexity index is 1800. The summed E-state index contributed by atoms with van der Waals surface area (Å²) in [6.45, 7) is 12.3. The number of nitriles is 1. The van der Waals surface area contributed by atoms with E-state index in [1.807, 2.05) is 34.6 Å². The lowest BCUT2D eigenvalue weighted by Crippen LogP contribution is -2.58. The fourth-order valence-electron chi connectivity index (χ4n) is 6.75. The van der Waals surface area contributed by atoms with Crippen molar-refractivity contribution in [1.29, 1.82) is 5.26 Å². The molecule has 268 valence electrons. The van der Waals surface area contributed by atoms with Crippen LogP contribution in [0.2, 0.25) is 25.7 Å². The molecule has 0 radical (unpaired) electrons. The Morgan fingerprint density at radius 1 is 1.14 bits per heavy atom. The molecule has 0 spiro atoms. The van der Waals surface area contributed by atoms with Crippen molar-refractivity contribution in [3.63, 3.8) is 0 Å². The molecule has 1 aliphatic carbocycles. The molecule has 1 saturated carbocycles. The Labute approximate surface area is 291 Å². The molecule has 5 heterocycles. The molecule has 16 heteroatoms. The third kappa shape index (κ3) is 8.17. The molecule has 1 aliphatic heterocycles. The third-order valence-electron chi connectivity index (χ3n) is 9.61. The number of ether oxygens (including phenoxy) is 2. The van der Waals surface area contributed by atoms with Gasteiger partial charge >= 0.3 is 6.18 Å². The van der Waals surface area contributed by atoms with E-state index in [0.29, 0.717) is 32.5 Å².